The fourth-order valence-corrected chi connectivity index (χ4v) is 7.28. The first kappa shape index (κ1) is 62.2. The molecule has 20 heteroatoms. The first-order valence-electron chi connectivity index (χ1n) is 21.9. The normalized spacial score (nSPS) is 11.0. The molecule has 0 atom stereocenters. The van der Waals surface area contributed by atoms with Gasteiger partial charge in [0.1, 0.15) is 0 Å². The Labute approximate surface area is 411 Å². The van der Waals surface area contributed by atoms with E-state index in [9.17, 15) is 38.4 Å². The first-order valence-corrected chi connectivity index (χ1v) is 26.1. The number of carbonyl (C=O) groups excluding carboxylic acids is 8. The summed E-state index contributed by atoms with van der Waals surface area (Å²) < 4.78 is 39.8. The Bertz CT molecular complexity index is 1650. The summed E-state index contributed by atoms with van der Waals surface area (Å²) in [4.78, 5) is 92.4. The van der Waals surface area contributed by atoms with Crippen LogP contribution >= 0.6 is 47.0 Å². The van der Waals surface area contributed by atoms with E-state index in [2.05, 4.69) is 4.74 Å². The van der Waals surface area contributed by atoms with E-state index in [1.807, 2.05) is 11.8 Å². The molecule has 0 bridgehead atoms. The van der Waals surface area contributed by atoms with Crippen LogP contribution in [0, 0.1) is 24.7 Å². The van der Waals surface area contributed by atoms with Crippen molar-refractivity contribution in [2.45, 2.75) is 96.3 Å². The number of hydrogen-bond donors (Lipinski definition) is 0. The van der Waals surface area contributed by atoms with Crippen LogP contribution < -0.4 is 0 Å². The van der Waals surface area contributed by atoms with Crippen molar-refractivity contribution in [1.82, 2.24) is 0 Å². The molecular weight excluding hydrogens is 949 g/mol. The average molecular weight is 1010 g/mol. The van der Waals surface area contributed by atoms with Gasteiger partial charge in [0.25, 0.3) is 0 Å². The minimum absolute atomic E-state index is 0.0595. The number of hydrogen-bond acceptors (Lipinski definition) is 20. The molecule has 0 aromatic carbocycles. The molecule has 0 spiro atoms. The topological polar surface area (TPSA) is 210 Å². The smallest absolute Gasteiger partial charge is 0.384 e. The minimum atomic E-state index is -0.770. The fraction of sp³-hybridized carbons (Fsp3) is 0.574. The van der Waals surface area contributed by atoms with Gasteiger partial charge in [-0.25, -0.2) is 28.8 Å². The molecule has 0 aromatic rings. The van der Waals surface area contributed by atoms with Gasteiger partial charge in [0, 0.05) is 66.9 Å². The predicted octanol–water partition coefficient (Wildman–Crippen LogP) is 7.44. The van der Waals surface area contributed by atoms with Crippen LogP contribution in [0.2, 0.25) is 0 Å². The zero-order chi connectivity index (χ0) is 49.3. The van der Waals surface area contributed by atoms with Gasteiger partial charge >= 0.3 is 47.8 Å². The lowest BCUT2D eigenvalue weighted by molar-refractivity contribution is -0.150. The molecule has 0 aliphatic rings. The van der Waals surface area contributed by atoms with Crippen LogP contribution in [-0.2, 0) is 76.3 Å². The number of rotatable bonds is 42. The predicted molar refractivity (Wildman–Crippen MR) is 261 cm³/mol. The van der Waals surface area contributed by atoms with E-state index in [1.165, 1.54) is 73.5 Å². The molecule has 0 N–H and O–H groups in total. The molecule has 67 heavy (non-hydrogen) atoms. The summed E-state index contributed by atoms with van der Waals surface area (Å²) in [6.07, 6.45) is 26.3. The maximum Gasteiger partial charge on any atom is 0.384 e. The number of unbranched alkanes of at least 4 members (excludes halogenated alkanes) is 7. The van der Waals surface area contributed by atoms with E-state index in [-0.39, 0.29) is 65.7 Å². The Kier molecular flexibility index (Phi) is 44.3. The summed E-state index contributed by atoms with van der Waals surface area (Å²) in [5.74, 6) is 2.26. The second kappa shape index (κ2) is 47.7. The summed E-state index contributed by atoms with van der Waals surface area (Å²) in [6.45, 7) is 0.991. The Morgan fingerprint density at radius 1 is 0.328 bits per heavy atom. The second-order valence-corrected chi connectivity index (χ2v) is 17.5. The van der Waals surface area contributed by atoms with Crippen LogP contribution in [-0.4, -0.2) is 124 Å². The average Bonchev–Trinajstić information content (AvgIpc) is 3.31. The summed E-state index contributed by atoms with van der Waals surface area (Å²) in [7, 11) is 0. The van der Waals surface area contributed by atoms with Crippen molar-refractivity contribution in [3.63, 3.8) is 0 Å². The minimum Gasteiger partial charge on any atom is -0.466 e. The van der Waals surface area contributed by atoms with Crippen LogP contribution in [0.4, 0.5) is 0 Å². The van der Waals surface area contributed by atoms with Gasteiger partial charge in [-0.1, -0.05) is 38.5 Å². The number of carbonyl (C=O) groups is 8. The molecule has 0 fully saturated rings. The molecule has 0 radical (unpaired) electrons. The van der Waals surface area contributed by atoms with Crippen LogP contribution in [0.1, 0.15) is 96.3 Å². The zero-order valence-electron chi connectivity index (χ0n) is 38.0. The number of thioether (sulfide) groups is 4. The van der Waals surface area contributed by atoms with Crippen molar-refractivity contribution >= 4 is 94.8 Å². The standard InChI is InChI=1S/C47H64O16S4/c1-3-40(48)56-24-13-26-58-44(52)20-36-64-32-11-9-7-5-6-8-10-12-33-65-37-21-45(53)60-28-15-29-61-47(55)23-39-67-35-17-31-63-43(51)19-18-42(50)62-30-16-34-66-38-22-46(54)59-27-14-25-57-41(49)4-2/h1-2,20-23,36-39H,5-19,24-35H2/b36-20+,37-21+,38-22+,39-23+. The highest BCUT2D eigenvalue weighted by atomic mass is 32.2. The molecule has 0 amide bonds. The molecule has 0 saturated carbocycles. The van der Waals surface area contributed by atoms with E-state index in [1.54, 1.807) is 45.2 Å². The largest absolute Gasteiger partial charge is 0.466 e. The Morgan fingerprint density at radius 3 is 0.881 bits per heavy atom. The molecule has 0 aliphatic heterocycles. The van der Waals surface area contributed by atoms with Crippen molar-refractivity contribution in [1.29, 1.82) is 0 Å². The van der Waals surface area contributed by atoms with Gasteiger partial charge in [-0.3, -0.25) is 9.59 Å². The summed E-state index contributed by atoms with van der Waals surface area (Å²) in [5.41, 5.74) is 0. The third kappa shape index (κ3) is 47.5. The zero-order valence-corrected chi connectivity index (χ0v) is 41.3. The summed E-state index contributed by atoms with van der Waals surface area (Å²) >= 11 is 5.84. The molecule has 16 nitrogen and oxygen atoms in total. The summed E-state index contributed by atoms with van der Waals surface area (Å²) in [6, 6.07) is 0. The van der Waals surface area contributed by atoms with Crippen molar-refractivity contribution < 1.29 is 76.3 Å². The van der Waals surface area contributed by atoms with Crippen LogP contribution in [0.3, 0.4) is 0 Å². The SMILES string of the molecule is C#CC(=O)OCCCOC(=O)/C=C/SCCCCCCCCCCS/C=C/C(=O)OCCCOC(=O)/C=C/SCCCOC(=O)CCC(=O)OCCCS/C=C/C(=O)OCCCOC(=O)C#C. The van der Waals surface area contributed by atoms with Crippen LogP contribution in [0.5, 0.6) is 0 Å². The van der Waals surface area contributed by atoms with Crippen molar-refractivity contribution in [3.8, 4) is 24.7 Å². The van der Waals surface area contributed by atoms with Crippen molar-refractivity contribution in [3.05, 3.63) is 45.9 Å². The maximum atomic E-state index is 11.9. The van der Waals surface area contributed by atoms with Gasteiger partial charge in [-0.05, 0) is 58.8 Å². The highest BCUT2D eigenvalue weighted by Gasteiger charge is 2.09. The van der Waals surface area contributed by atoms with Crippen LogP contribution in [0.25, 0.3) is 0 Å². The lowest BCUT2D eigenvalue weighted by Gasteiger charge is -2.05. The first-order chi connectivity index (χ1) is 32.6. The van der Waals surface area contributed by atoms with Gasteiger partial charge in [0.15, 0.2) is 0 Å². The van der Waals surface area contributed by atoms with E-state index in [0.717, 1.165) is 37.2 Å². The third-order valence-corrected chi connectivity index (χ3v) is 11.3. The monoisotopic (exact) mass is 1010 g/mol. The van der Waals surface area contributed by atoms with Crippen molar-refractivity contribution in [2.75, 3.05) is 75.9 Å². The molecule has 0 unspecified atom stereocenters. The Hall–Kier alpha value is -4.76. The Morgan fingerprint density at radius 2 is 0.582 bits per heavy atom. The molecule has 0 saturated heterocycles. The van der Waals surface area contributed by atoms with Gasteiger partial charge in [-0.15, -0.1) is 59.9 Å². The van der Waals surface area contributed by atoms with E-state index in [0.29, 0.717) is 43.6 Å². The maximum absolute atomic E-state index is 11.9. The number of ether oxygens (including phenoxy) is 8. The summed E-state index contributed by atoms with van der Waals surface area (Å²) in [5, 5.41) is 6.64. The lowest BCUT2D eigenvalue weighted by Crippen LogP contribution is -2.12. The molecule has 372 valence electrons. The molecule has 0 aromatic heterocycles. The molecular formula is C47H64O16S4. The second-order valence-electron chi connectivity index (χ2n) is 13.5. The number of esters is 8. The van der Waals surface area contributed by atoms with Gasteiger partial charge in [-0.2, -0.15) is 0 Å². The van der Waals surface area contributed by atoms with E-state index in [4.69, 9.17) is 46.0 Å². The quantitative estimate of drug-likeness (QED) is 0.0145. The highest BCUT2D eigenvalue weighted by Crippen LogP contribution is 2.14. The van der Waals surface area contributed by atoms with Gasteiger partial charge < -0.3 is 37.9 Å². The van der Waals surface area contributed by atoms with Crippen LogP contribution in [0.15, 0.2) is 45.9 Å². The van der Waals surface area contributed by atoms with E-state index < -0.39 is 47.8 Å². The highest BCUT2D eigenvalue weighted by molar-refractivity contribution is 8.02. The van der Waals surface area contributed by atoms with Crippen molar-refractivity contribution in [2.24, 2.45) is 0 Å². The fourth-order valence-electron chi connectivity index (χ4n) is 4.60. The molecule has 0 rings (SSSR count). The molecule has 0 heterocycles. The Balaban J connectivity index is 3.59. The third-order valence-electron chi connectivity index (χ3n) is 7.89. The number of terminal acetylenes is 2. The van der Waals surface area contributed by atoms with Gasteiger partial charge in [0.2, 0.25) is 0 Å². The lowest BCUT2D eigenvalue weighted by atomic mass is 10.1. The van der Waals surface area contributed by atoms with E-state index >= 15 is 0 Å². The van der Waals surface area contributed by atoms with Gasteiger partial charge in [0.05, 0.1) is 65.7 Å². The molecule has 0 aliphatic carbocycles.